The van der Waals surface area contributed by atoms with E-state index in [9.17, 15) is 4.79 Å². The molecule has 0 saturated heterocycles. The van der Waals surface area contributed by atoms with Crippen LogP contribution in [0, 0.1) is 0 Å². The molecular weight excluding hydrogens is 244 g/mol. The summed E-state index contributed by atoms with van der Waals surface area (Å²) in [5, 5.41) is 3.66. The van der Waals surface area contributed by atoms with Crippen LogP contribution in [0.3, 0.4) is 0 Å². The predicted octanol–water partition coefficient (Wildman–Crippen LogP) is 3.49. The average molecular weight is 260 g/mol. The first-order valence-electron chi connectivity index (χ1n) is 6.07. The molecular formula is C14H16N2OS. The molecule has 0 unspecified atom stereocenters. The Morgan fingerprint density at radius 1 is 1.22 bits per heavy atom. The van der Waals surface area contributed by atoms with E-state index in [0.717, 1.165) is 24.3 Å². The summed E-state index contributed by atoms with van der Waals surface area (Å²) in [6.45, 7) is 0. The zero-order valence-corrected chi connectivity index (χ0v) is 11.0. The molecule has 2 aromatic rings. The fourth-order valence-electron chi connectivity index (χ4n) is 1.74. The number of carbonyl (C=O) groups is 1. The Morgan fingerprint density at radius 2 is 2.06 bits per heavy atom. The second-order valence-corrected chi connectivity index (χ2v) is 4.99. The van der Waals surface area contributed by atoms with Gasteiger partial charge in [-0.15, -0.1) is 11.3 Å². The minimum atomic E-state index is 0.0762. The van der Waals surface area contributed by atoms with E-state index in [1.54, 1.807) is 11.7 Å². The summed E-state index contributed by atoms with van der Waals surface area (Å²) < 4.78 is 0. The van der Waals surface area contributed by atoms with E-state index in [-0.39, 0.29) is 5.91 Å². The van der Waals surface area contributed by atoms with E-state index in [2.05, 4.69) is 22.4 Å². The normalized spacial score (nSPS) is 10.2. The van der Waals surface area contributed by atoms with Gasteiger partial charge in [0.2, 0.25) is 5.91 Å². The molecule has 4 heteroatoms. The summed E-state index contributed by atoms with van der Waals surface area (Å²) in [6, 6.07) is 10.4. The van der Waals surface area contributed by atoms with Gasteiger partial charge in [0.25, 0.3) is 0 Å². The van der Waals surface area contributed by atoms with Crippen LogP contribution in [0.15, 0.2) is 42.0 Å². The van der Waals surface area contributed by atoms with Gasteiger partial charge < -0.3 is 5.32 Å². The van der Waals surface area contributed by atoms with E-state index < -0.39 is 0 Å². The first-order chi connectivity index (χ1) is 8.84. The van der Waals surface area contributed by atoms with Crippen molar-refractivity contribution >= 4 is 22.2 Å². The average Bonchev–Trinajstić information content (AvgIpc) is 2.89. The van der Waals surface area contributed by atoms with Crippen molar-refractivity contribution in [3.8, 4) is 0 Å². The van der Waals surface area contributed by atoms with Crippen molar-refractivity contribution in [3.05, 3.63) is 47.6 Å². The summed E-state index contributed by atoms with van der Waals surface area (Å²) in [7, 11) is 0. The topological polar surface area (TPSA) is 42.0 Å². The molecule has 1 amide bonds. The number of hydrogen-bond donors (Lipinski definition) is 1. The van der Waals surface area contributed by atoms with Crippen molar-refractivity contribution in [2.24, 2.45) is 0 Å². The highest BCUT2D eigenvalue weighted by molar-refractivity contribution is 7.13. The number of nitrogens with one attached hydrogen (secondary N) is 1. The molecule has 1 aromatic carbocycles. The van der Waals surface area contributed by atoms with Gasteiger partial charge in [-0.05, 0) is 24.8 Å². The summed E-state index contributed by atoms with van der Waals surface area (Å²) in [4.78, 5) is 15.5. The Balaban J connectivity index is 1.62. The van der Waals surface area contributed by atoms with Gasteiger partial charge in [0.15, 0.2) is 0 Å². The number of anilines is 1. The molecule has 0 atom stereocenters. The SMILES string of the molecule is O=C(CCCCc1ccccc1)Nc1cncs1. The Labute approximate surface area is 111 Å². The van der Waals surface area contributed by atoms with Gasteiger partial charge in [0.05, 0.1) is 11.7 Å². The molecule has 3 nitrogen and oxygen atoms in total. The van der Waals surface area contributed by atoms with E-state index >= 15 is 0 Å². The lowest BCUT2D eigenvalue weighted by molar-refractivity contribution is -0.116. The van der Waals surface area contributed by atoms with Crippen molar-refractivity contribution in [1.29, 1.82) is 0 Å². The predicted molar refractivity (Wildman–Crippen MR) is 74.7 cm³/mol. The monoisotopic (exact) mass is 260 g/mol. The molecule has 0 fully saturated rings. The number of rotatable bonds is 6. The van der Waals surface area contributed by atoms with Gasteiger partial charge >= 0.3 is 0 Å². The number of nitrogens with zero attached hydrogens (tertiary/aromatic N) is 1. The Bertz CT molecular complexity index is 468. The fourth-order valence-corrected chi connectivity index (χ4v) is 2.27. The molecule has 0 aliphatic rings. The summed E-state index contributed by atoms with van der Waals surface area (Å²) in [6.07, 6.45) is 5.24. The van der Waals surface area contributed by atoms with Crippen molar-refractivity contribution in [1.82, 2.24) is 4.98 Å². The van der Waals surface area contributed by atoms with E-state index in [1.807, 2.05) is 18.2 Å². The van der Waals surface area contributed by atoms with Gasteiger partial charge in [-0.25, -0.2) is 0 Å². The molecule has 18 heavy (non-hydrogen) atoms. The third kappa shape index (κ3) is 4.30. The van der Waals surface area contributed by atoms with Gasteiger partial charge in [-0.1, -0.05) is 30.3 Å². The van der Waals surface area contributed by atoms with E-state index in [1.165, 1.54) is 16.9 Å². The number of amides is 1. The number of unbranched alkanes of at least 4 members (excludes halogenated alkanes) is 1. The van der Waals surface area contributed by atoms with Crippen LogP contribution in [0.2, 0.25) is 0 Å². The van der Waals surface area contributed by atoms with Gasteiger partial charge in [0, 0.05) is 6.42 Å². The second-order valence-electron chi connectivity index (χ2n) is 4.11. The van der Waals surface area contributed by atoms with Gasteiger partial charge in [-0.2, -0.15) is 0 Å². The maximum atomic E-state index is 11.6. The minimum Gasteiger partial charge on any atom is -0.316 e. The molecule has 0 radical (unpaired) electrons. The maximum absolute atomic E-state index is 11.6. The van der Waals surface area contributed by atoms with Crippen LogP contribution >= 0.6 is 11.3 Å². The highest BCUT2D eigenvalue weighted by atomic mass is 32.1. The molecule has 0 aliphatic carbocycles. The minimum absolute atomic E-state index is 0.0762. The molecule has 1 N–H and O–H groups in total. The Morgan fingerprint density at radius 3 is 2.78 bits per heavy atom. The summed E-state index contributed by atoms with van der Waals surface area (Å²) in [5.74, 6) is 0.0762. The van der Waals surface area contributed by atoms with Crippen molar-refractivity contribution < 1.29 is 4.79 Å². The lowest BCUT2D eigenvalue weighted by Crippen LogP contribution is -2.10. The number of aromatic nitrogens is 1. The van der Waals surface area contributed by atoms with Gasteiger partial charge in [-0.3, -0.25) is 9.78 Å². The van der Waals surface area contributed by atoms with Crippen LogP contribution in [-0.2, 0) is 11.2 Å². The maximum Gasteiger partial charge on any atom is 0.225 e. The second kappa shape index (κ2) is 6.91. The number of hydrogen-bond acceptors (Lipinski definition) is 3. The highest BCUT2D eigenvalue weighted by Crippen LogP contribution is 2.13. The summed E-state index contributed by atoms with van der Waals surface area (Å²) in [5.41, 5.74) is 3.05. The third-order valence-corrected chi connectivity index (χ3v) is 3.35. The molecule has 2 rings (SSSR count). The lowest BCUT2D eigenvalue weighted by atomic mass is 10.1. The zero-order chi connectivity index (χ0) is 12.6. The number of thiazole rings is 1. The van der Waals surface area contributed by atoms with Crippen LogP contribution in [-0.4, -0.2) is 10.9 Å². The first-order valence-corrected chi connectivity index (χ1v) is 6.95. The van der Waals surface area contributed by atoms with Crippen LogP contribution in [0.25, 0.3) is 0 Å². The molecule has 1 heterocycles. The standard InChI is InChI=1S/C14H16N2OS/c17-13(16-14-10-15-11-18-14)9-5-4-8-12-6-2-1-3-7-12/h1-3,6-7,10-11H,4-5,8-9H2,(H,16,17). The molecule has 1 aromatic heterocycles. The molecule has 0 spiro atoms. The van der Waals surface area contributed by atoms with Crippen molar-refractivity contribution in [3.63, 3.8) is 0 Å². The van der Waals surface area contributed by atoms with Crippen molar-refractivity contribution in [2.75, 3.05) is 5.32 Å². The molecule has 0 bridgehead atoms. The highest BCUT2D eigenvalue weighted by Gasteiger charge is 2.03. The van der Waals surface area contributed by atoms with Crippen LogP contribution in [0.5, 0.6) is 0 Å². The lowest BCUT2D eigenvalue weighted by Gasteiger charge is -2.02. The number of aryl methyl sites for hydroxylation is 1. The number of benzene rings is 1. The largest absolute Gasteiger partial charge is 0.316 e. The van der Waals surface area contributed by atoms with Crippen LogP contribution in [0.4, 0.5) is 5.00 Å². The third-order valence-electron chi connectivity index (χ3n) is 2.66. The molecule has 0 saturated carbocycles. The fraction of sp³-hybridized carbons (Fsp3) is 0.286. The summed E-state index contributed by atoms with van der Waals surface area (Å²) >= 11 is 1.44. The van der Waals surface area contributed by atoms with E-state index in [0.29, 0.717) is 6.42 Å². The van der Waals surface area contributed by atoms with Gasteiger partial charge in [0.1, 0.15) is 5.00 Å². The Kier molecular flexibility index (Phi) is 4.90. The van der Waals surface area contributed by atoms with E-state index in [4.69, 9.17) is 0 Å². The molecule has 0 aliphatic heterocycles. The first kappa shape index (κ1) is 12.8. The van der Waals surface area contributed by atoms with Crippen LogP contribution in [0.1, 0.15) is 24.8 Å². The Hall–Kier alpha value is -1.68. The van der Waals surface area contributed by atoms with Crippen molar-refractivity contribution in [2.45, 2.75) is 25.7 Å². The quantitative estimate of drug-likeness (QED) is 0.808. The zero-order valence-electron chi connectivity index (χ0n) is 10.1. The molecule has 94 valence electrons. The smallest absolute Gasteiger partial charge is 0.225 e. The van der Waals surface area contributed by atoms with Crippen LogP contribution < -0.4 is 5.32 Å². The number of carbonyl (C=O) groups excluding carboxylic acids is 1.